The van der Waals surface area contributed by atoms with Crippen molar-refractivity contribution in [2.45, 2.75) is 0 Å². The maximum atomic E-state index is 12.2. The number of nitro groups is 1. The molecular formula is C19H15NO6. The average molecular weight is 353 g/mol. The van der Waals surface area contributed by atoms with Crippen LogP contribution < -0.4 is 9.47 Å². The van der Waals surface area contributed by atoms with E-state index in [4.69, 9.17) is 14.2 Å². The summed E-state index contributed by atoms with van der Waals surface area (Å²) in [7, 11) is 3.03. The van der Waals surface area contributed by atoms with Crippen molar-refractivity contribution in [1.29, 1.82) is 0 Å². The van der Waals surface area contributed by atoms with Crippen molar-refractivity contribution in [2.24, 2.45) is 0 Å². The number of hydrogen-bond acceptors (Lipinski definition) is 6. The Bertz CT molecular complexity index is 945. The van der Waals surface area contributed by atoms with Crippen molar-refractivity contribution in [3.05, 3.63) is 75.4 Å². The molecule has 2 aromatic rings. The van der Waals surface area contributed by atoms with E-state index in [9.17, 15) is 14.9 Å². The van der Waals surface area contributed by atoms with Crippen LogP contribution in [0.3, 0.4) is 0 Å². The van der Waals surface area contributed by atoms with Crippen molar-refractivity contribution in [3.8, 4) is 11.5 Å². The van der Waals surface area contributed by atoms with Gasteiger partial charge in [0.05, 0.1) is 35.8 Å². The molecule has 0 aromatic heterocycles. The molecule has 0 saturated heterocycles. The number of rotatable bonds is 5. The molecule has 0 spiro atoms. The van der Waals surface area contributed by atoms with Crippen molar-refractivity contribution in [3.63, 3.8) is 0 Å². The summed E-state index contributed by atoms with van der Waals surface area (Å²) < 4.78 is 15.8. The number of hydrogen-bond donors (Lipinski definition) is 0. The van der Waals surface area contributed by atoms with E-state index in [0.717, 1.165) is 0 Å². The fourth-order valence-corrected chi connectivity index (χ4v) is 2.57. The Balaban J connectivity index is 2.04. The first-order valence-electron chi connectivity index (χ1n) is 7.65. The fourth-order valence-electron chi connectivity index (χ4n) is 2.57. The molecule has 7 nitrogen and oxygen atoms in total. The maximum absolute atomic E-state index is 12.2. The van der Waals surface area contributed by atoms with Gasteiger partial charge in [-0.15, -0.1) is 0 Å². The van der Waals surface area contributed by atoms with Gasteiger partial charge in [0, 0.05) is 6.07 Å². The zero-order valence-corrected chi connectivity index (χ0v) is 14.1. The van der Waals surface area contributed by atoms with Gasteiger partial charge in [0.1, 0.15) is 17.3 Å². The maximum Gasteiger partial charge on any atom is 0.343 e. The van der Waals surface area contributed by atoms with Crippen molar-refractivity contribution < 1.29 is 23.9 Å². The Morgan fingerprint density at radius 3 is 2.58 bits per heavy atom. The summed E-state index contributed by atoms with van der Waals surface area (Å²) in [6.07, 6.45) is 2.95. The molecule has 0 aliphatic carbocycles. The summed E-state index contributed by atoms with van der Waals surface area (Å²) in [5, 5.41) is 11.1. The second-order valence-electron chi connectivity index (χ2n) is 5.38. The lowest BCUT2D eigenvalue weighted by molar-refractivity contribution is -0.385. The Morgan fingerprint density at radius 2 is 1.88 bits per heavy atom. The number of cyclic esters (lactones) is 1. The van der Waals surface area contributed by atoms with Crippen LogP contribution in [0.5, 0.6) is 11.5 Å². The topological polar surface area (TPSA) is 87.9 Å². The van der Waals surface area contributed by atoms with Gasteiger partial charge in [-0.1, -0.05) is 12.1 Å². The molecule has 132 valence electrons. The Morgan fingerprint density at radius 1 is 1.12 bits per heavy atom. The number of benzene rings is 2. The second kappa shape index (κ2) is 7.10. The number of nitro benzene ring substituents is 1. The lowest BCUT2D eigenvalue weighted by atomic mass is 10.1. The van der Waals surface area contributed by atoms with Crippen LogP contribution >= 0.6 is 0 Å². The zero-order valence-electron chi connectivity index (χ0n) is 14.1. The smallest absolute Gasteiger partial charge is 0.343 e. The van der Waals surface area contributed by atoms with Crippen molar-refractivity contribution in [1.82, 2.24) is 0 Å². The molecule has 26 heavy (non-hydrogen) atoms. The predicted octanol–water partition coefficient (Wildman–Crippen LogP) is 3.59. The number of carbonyl (C=O) groups is 1. The van der Waals surface area contributed by atoms with E-state index in [1.807, 2.05) is 0 Å². The third-order valence-corrected chi connectivity index (χ3v) is 3.84. The SMILES string of the molecule is COc1ccc(OC)c(C2=C/C(=C\c3ccccc3[N+](=O)[O-])C(=O)O2)c1. The molecule has 0 atom stereocenters. The number of methoxy groups -OCH3 is 2. The summed E-state index contributed by atoms with van der Waals surface area (Å²) in [6.45, 7) is 0. The van der Waals surface area contributed by atoms with E-state index in [1.165, 1.54) is 32.4 Å². The van der Waals surface area contributed by atoms with Gasteiger partial charge in [0.25, 0.3) is 5.69 Å². The van der Waals surface area contributed by atoms with Gasteiger partial charge in [0.15, 0.2) is 0 Å². The van der Waals surface area contributed by atoms with E-state index in [1.54, 1.807) is 36.4 Å². The molecule has 0 bridgehead atoms. The predicted molar refractivity (Wildman–Crippen MR) is 94.7 cm³/mol. The van der Waals surface area contributed by atoms with E-state index >= 15 is 0 Å². The summed E-state index contributed by atoms with van der Waals surface area (Å²) in [5.74, 6) is 0.782. The minimum atomic E-state index is -0.594. The van der Waals surface area contributed by atoms with Crippen LogP contribution in [0.1, 0.15) is 11.1 Å². The van der Waals surface area contributed by atoms with E-state index in [0.29, 0.717) is 22.6 Å². The van der Waals surface area contributed by atoms with Gasteiger partial charge >= 0.3 is 5.97 Å². The largest absolute Gasteiger partial charge is 0.497 e. The minimum Gasteiger partial charge on any atom is -0.497 e. The molecule has 7 heteroatoms. The van der Waals surface area contributed by atoms with Gasteiger partial charge in [-0.25, -0.2) is 4.79 Å². The number of para-hydroxylation sites is 1. The first-order valence-corrected chi connectivity index (χ1v) is 7.65. The van der Waals surface area contributed by atoms with Gasteiger partial charge in [-0.05, 0) is 36.4 Å². The number of ether oxygens (including phenoxy) is 3. The first kappa shape index (κ1) is 17.2. The second-order valence-corrected chi connectivity index (χ2v) is 5.38. The third kappa shape index (κ3) is 3.27. The monoisotopic (exact) mass is 353 g/mol. The summed E-state index contributed by atoms with van der Waals surface area (Å²) >= 11 is 0. The molecular weight excluding hydrogens is 338 g/mol. The molecule has 2 aromatic carbocycles. The minimum absolute atomic E-state index is 0.0892. The van der Waals surface area contributed by atoms with Crippen LogP contribution in [0.2, 0.25) is 0 Å². The number of nitrogens with zero attached hydrogens (tertiary/aromatic N) is 1. The molecule has 3 rings (SSSR count). The van der Waals surface area contributed by atoms with Gasteiger partial charge in [-0.3, -0.25) is 10.1 Å². The van der Waals surface area contributed by atoms with E-state index < -0.39 is 10.9 Å². The summed E-state index contributed by atoms with van der Waals surface area (Å²) in [6, 6.07) is 11.3. The molecule has 0 N–H and O–H groups in total. The molecule has 0 amide bonds. The Hall–Kier alpha value is -3.61. The Kier molecular flexibility index (Phi) is 4.70. The highest BCUT2D eigenvalue weighted by Crippen LogP contribution is 2.35. The third-order valence-electron chi connectivity index (χ3n) is 3.84. The molecule has 0 unspecified atom stereocenters. The number of esters is 1. The van der Waals surface area contributed by atoms with Crippen molar-refractivity contribution in [2.75, 3.05) is 14.2 Å². The average Bonchev–Trinajstić information content (AvgIpc) is 3.01. The fraction of sp³-hybridized carbons (Fsp3) is 0.105. The lowest BCUT2D eigenvalue weighted by Crippen LogP contribution is -1.99. The number of carbonyl (C=O) groups excluding carboxylic acids is 1. The highest BCUT2D eigenvalue weighted by atomic mass is 16.6. The Labute approximate surface area is 149 Å². The summed E-state index contributed by atoms with van der Waals surface area (Å²) in [4.78, 5) is 22.8. The molecule has 0 fully saturated rings. The van der Waals surface area contributed by atoms with Crippen LogP contribution in [-0.4, -0.2) is 25.1 Å². The van der Waals surface area contributed by atoms with Crippen LogP contribution in [-0.2, 0) is 9.53 Å². The van der Waals surface area contributed by atoms with Crippen LogP contribution in [0.4, 0.5) is 5.69 Å². The highest BCUT2D eigenvalue weighted by Gasteiger charge is 2.25. The molecule has 1 heterocycles. The van der Waals surface area contributed by atoms with Crippen LogP contribution in [0, 0.1) is 10.1 Å². The zero-order chi connectivity index (χ0) is 18.7. The lowest BCUT2D eigenvalue weighted by Gasteiger charge is -2.10. The van der Waals surface area contributed by atoms with Crippen LogP contribution in [0.15, 0.2) is 54.1 Å². The molecule has 1 aliphatic rings. The van der Waals surface area contributed by atoms with Gasteiger partial charge < -0.3 is 14.2 Å². The van der Waals surface area contributed by atoms with Gasteiger partial charge in [0.2, 0.25) is 0 Å². The molecule has 0 saturated carbocycles. The normalized spacial score (nSPS) is 14.8. The highest BCUT2D eigenvalue weighted by molar-refractivity contribution is 6.05. The van der Waals surface area contributed by atoms with Gasteiger partial charge in [-0.2, -0.15) is 0 Å². The van der Waals surface area contributed by atoms with E-state index in [2.05, 4.69) is 0 Å². The standard InChI is InChI=1S/C19H15NO6/c1-24-14-7-8-17(25-2)15(11-14)18-10-13(19(21)26-18)9-12-5-3-4-6-16(12)20(22)23/h3-11H,1-2H3/b13-9+. The summed E-state index contributed by atoms with van der Waals surface area (Å²) in [5.41, 5.74) is 0.985. The van der Waals surface area contributed by atoms with Crippen molar-refractivity contribution >= 4 is 23.5 Å². The first-order chi connectivity index (χ1) is 12.5. The van der Waals surface area contributed by atoms with Crippen LogP contribution in [0.25, 0.3) is 11.8 Å². The molecule has 1 aliphatic heterocycles. The quantitative estimate of drug-likeness (QED) is 0.353. The molecule has 0 radical (unpaired) electrons. The van der Waals surface area contributed by atoms with E-state index in [-0.39, 0.29) is 17.0 Å².